The highest BCUT2D eigenvalue weighted by molar-refractivity contribution is 5.70. The maximum absolute atomic E-state index is 10.9. The summed E-state index contributed by atoms with van der Waals surface area (Å²) in [5, 5.41) is 18.6. The molecule has 1 aromatic carbocycles. The van der Waals surface area contributed by atoms with Crippen LogP contribution in [0.25, 0.3) is 0 Å². The van der Waals surface area contributed by atoms with E-state index in [1.807, 2.05) is 32.9 Å². The van der Waals surface area contributed by atoms with Crippen molar-refractivity contribution in [3.8, 4) is 5.75 Å². The van der Waals surface area contributed by atoms with Crippen LogP contribution in [0.5, 0.6) is 5.75 Å². The second-order valence-electron chi connectivity index (χ2n) is 4.23. The van der Waals surface area contributed by atoms with Crippen LogP contribution in [-0.4, -0.2) is 16.2 Å². The molecule has 0 amide bonds. The fourth-order valence-electron chi connectivity index (χ4n) is 1.85. The van der Waals surface area contributed by atoms with Gasteiger partial charge >= 0.3 is 5.97 Å². The van der Waals surface area contributed by atoms with Gasteiger partial charge in [-0.1, -0.05) is 19.1 Å². The van der Waals surface area contributed by atoms with Crippen molar-refractivity contribution in [3.63, 3.8) is 0 Å². The van der Waals surface area contributed by atoms with E-state index in [1.165, 1.54) is 0 Å². The first-order valence-electron chi connectivity index (χ1n) is 5.47. The lowest BCUT2D eigenvalue weighted by molar-refractivity contribution is -0.141. The lowest BCUT2D eigenvalue weighted by Gasteiger charge is -2.12. The lowest BCUT2D eigenvalue weighted by atomic mass is 9.94. The molecule has 0 aliphatic heterocycles. The second kappa shape index (κ2) is 5.01. The minimum Gasteiger partial charge on any atom is -0.507 e. The molecule has 0 bridgehead atoms. The van der Waals surface area contributed by atoms with Crippen LogP contribution in [0.3, 0.4) is 0 Å². The van der Waals surface area contributed by atoms with Gasteiger partial charge in [-0.15, -0.1) is 0 Å². The van der Waals surface area contributed by atoms with Crippen molar-refractivity contribution in [3.05, 3.63) is 28.8 Å². The number of aromatic hydroxyl groups is 1. The lowest BCUT2D eigenvalue weighted by Crippen LogP contribution is -2.15. The number of hydrogen-bond donors (Lipinski definition) is 2. The van der Waals surface area contributed by atoms with Crippen LogP contribution in [0.2, 0.25) is 0 Å². The Kier molecular flexibility index (Phi) is 3.93. The first kappa shape index (κ1) is 12.6. The molecule has 0 unspecified atom stereocenters. The van der Waals surface area contributed by atoms with Crippen LogP contribution >= 0.6 is 0 Å². The Hall–Kier alpha value is -1.51. The van der Waals surface area contributed by atoms with E-state index in [1.54, 1.807) is 0 Å². The van der Waals surface area contributed by atoms with Gasteiger partial charge in [-0.25, -0.2) is 0 Å². The quantitative estimate of drug-likeness (QED) is 0.823. The number of hydrogen-bond acceptors (Lipinski definition) is 2. The molecule has 1 aromatic rings. The van der Waals surface area contributed by atoms with Crippen LogP contribution in [0.1, 0.15) is 30.0 Å². The van der Waals surface area contributed by atoms with Crippen molar-refractivity contribution in [1.29, 1.82) is 0 Å². The summed E-state index contributed by atoms with van der Waals surface area (Å²) in [6, 6.07) is 3.71. The molecule has 0 saturated heterocycles. The molecule has 88 valence electrons. The Bertz CT molecular complexity index is 373. The van der Waals surface area contributed by atoms with Gasteiger partial charge < -0.3 is 10.2 Å². The molecule has 0 heterocycles. The van der Waals surface area contributed by atoms with E-state index in [2.05, 4.69) is 0 Å². The molecule has 3 nitrogen and oxygen atoms in total. The number of rotatable bonds is 4. The van der Waals surface area contributed by atoms with E-state index in [4.69, 9.17) is 5.11 Å². The first-order valence-corrected chi connectivity index (χ1v) is 5.47. The summed E-state index contributed by atoms with van der Waals surface area (Å²) in [7, 11) is 0. The van der Waals surface area contributed by atoms with Crippen molar-refractivity contribution in [2.45, 2.75) is 33.6 Å². The highest BCUT2D eigenvalue weighted by Crippen LogP contribution is 2.24. The molecule has 0 aliphatic carbocycles. The molecule has 0 aliphatic rings. The van der Waals surface area contributed by atoms with Gasteiger partial charge in [0.1, 0.15) is 5.75 Å². The molecule has 16 heavy (non-hydrogen) atoms. The van der Waals surface area contributed by atoms with E-state index < -0.39 is 5.97 Å². The predicted octanol–water partition coefficient (Wildman–Crippen LogP) is 2.66. The van der Waals surface area contributed by atoms with Crippen LogP contribution in [-0.2, 0) is 11.2 Å². The fraction of sp³-hybridized carbons (Fsp3) is 0.462. The van der Waals surface area contributed by atoms with Gasteiger partial charge in [0, 0.05) is 0 Å². The standard InChI is InChI=1S/C13H18O3/c1-4-11(13(15)16)7-10-5-8(2)12(14)9(3)6-10/h5-6,11,14H,4,7H2,1-3H3,(H,15,16)/t11-/m0/s1. The molecule has 2 N–H and O–H groups in total. The van der Waals surface area contributed by atoms with E-state index in [0.29, 0.717) is 18.6 Å². The number of carbonyl (C=O) groups is 1. The topological polar surface area (TPSA) is 57.5 Å². The van der Waals surface area contributed by atoms with Crippen molar-refractivity contribution >= 4 is 5.97 Å². The average molecular weight is 222 g/mol. The number of carboxylic acids is 1. The van der Waals surface area contributed by atoms with E-state index in [0.717, 1.165) is 16.7 Å². The summed E-state index contributed by atoms with van der Waals surface area (Å²) in [5.74, 6) is -0.804. The van der Waals surface area contributed by atoms with Crippen molar-refractivity contribution < 1.29 is 15.0 Å². The third kappa shape index (κ3) is 2.75. The van der Waals surface area contributed by atoms with E-state index >= 15 is 0 Å². The Labute approximate surface area is 95.7 Å². The van der Waals surface area contributed by atoms with Gasteiger partial charge in [-0.05, 0) is 43.4 Å². The summed E-state index contributed by atoms with van der Waals surface area (Å²) in [6.07, 6.45) is 1.14. The van der Waals surface area contributed by atoms with Gasteiger partial charge in [-0.2, -0.15) is 0 Å². The Morgan fingerprint density at radius 1 is 1.31 bits per heavy atom. The molecule has 0 saturated carbocycles. The summed E-state index contributed by atoms with van der Waals surface area (Å²) >= 11 is 0. The summed E-state index contributed by atoms with van der Waals surface area (Å²) in [4.78, 5) is 10.9. The summed E-state index contributed by atoms with van der Waals surface area (Å²) < 4.78 is 0. The molecule has 3 heteroatoms. The SMILES string of the molecule is CC[C@@H](Cc1cc(C)c(O)c(C)c1)C(=O)O. The van der Waals surface area contributed by atoms with Crippen LogP contribution in [0, 0.1) is 19.8 Å². The third-order valence-electron chi connectivity index (χ3n) is 2.87. The normalized spacial score (nSPS) is 12.4. The van der Waals surface area contributed by atoms with Crippen LogP contribution < -0.4 is 0 Å². The minimum atomic E-state index is -0.758. The molecular formula is C13H18O3. The zero-order valence-corrected chi connectivity index (χ0v) is 9.95. The largest absolute Gasteiger partial charge is 0.507 e. The van der Waals surface area contributed by atoms with Gasteiger partial charge in [0.15, 0.2) is 0 Å². The smallest absolute Gasteiger partial charge is 0.306 e. The zero-order chi connectivity index (χ0) is 12.3. The summed E-state index contributed by atoms with van der Waals surface area (Å²) in [5.41, 5.74) is 2.58. The third-order valence-corrected chi connectivity index (χ3v) is 2.87. The maximum Gasteiger partial charge on any atom is 0.306 e. The number of aryl methyl sites for hydroxylation is 2. The molecular weight excluding hydrogens is 204 g/mol. The van der Waals surface area contributed by atoms with Gasteiger partial charge in [0.2, 0.25) is 0 Å². The molecule has 1 atom stereocenters. The van der Waals surface area contributed by atoms with Crippen molar-refractivity contribution in [2.24, 2.45) is 5.92 Å². The summed E-state index contributed by atoms with van der Waals surface area (Å²) in [6.45, 7) is 5.53. The number of benzene rings is 1. The fourth-order valence-corrected chi connectivity index (χ4v) is 1.85. The van der Waals surface area contributed by atoms with Crippen molar-refractivity contribution in [2.75, 3.05) is 0 Å². The Morgan fingerprint density at radius 3 is 2.19 bits per heavy atom. The van der Waals surface area contributed by atoms with Gasteiger partial charge in [-0.3, -0.25) is 4.79 Å². The first-order chi connectivity index (χ1) is 7.45. The molecule has 0 aromatic heterocycles. The van der Waals surface area contributed by atoms with Crippen LogP contribution in [0.4, 0.5) is 0 Å². The molecule has 0 radical (unpaired) electrons. The Balaban J connectivity index is 2.93. The monoisotopic (exact) mass is 222 g/mol. The average Bonchev–Trinajstić information content (AvgIpc) is 2.21. The van der Waals surface area contributed by atoms with E-state index in [-0.39, 0.29) is 5.92 Å². The molecule has 0 spiro atoms. The number of aliphatic carboxylic acids is 1. The van der Waals surface area contributed by atoms with Crippen molar-refractivity contribution in [1.82, 2.24) is 0 Å². The highest BCUT2D eigenvalue weighted by atomic mass is 16.4. The van der Waals surface area contributed by atoms with Crippen LogP contribution in [0.15, 0.2) is 12.1 Å². The number of carboxylic acid groups (broad SMARTS) is 1. The minimum absolute atomic E-state index is 0.298. The van der Waals surface area contributed by atoms with Gasteiger partial charge in [0.05, 0.1) is 5.92 Å². The number of phenols is 1. The number of phenolic OH excluding ortho intramolecular Hbond substituents is 1. The zero-order valence-electron chi connectivity index (χ0n) is 9.95. The maximum atomic E-state index is 10.9. The molecule has 1 rings (SSSR count). The predicted molar refractivity (Wildman–Crippen MR) is 62.7 cm³/mol. The second-order valence-corrected chi connectivity index (χ2v) is 4.23. The Morgan fingerprint density at radius 2 is 1.81 bits per heavy atom. The highest BCUT2D eigenvalue weighted by Gasteiger charge is 2.16. The molecule has 0 fully saturated rings. The van der Waals surface area contributed by atoms with Gasteiger partial charge in [0.25, 0.3) is 0 Å². The van der Waals surface area contributed by atoms with E-state index in [9.17, 15) is 9.90 Å².